The number of thiophene rings is 2. The maximum Gasteiger partial charge on any atom is 0.326 e. The van der Waals surface area contributed by atoms with Crippen LogP contribution in [0.25, 0.3) is 0 Å². The highest BCUT2D eigenvalue weighted by atomic mass is 32.1. The zero-order valence-electron chi connectivity index (χ0n) is 14.6. The zero-order valence-corrected chi connectivity index (χ0v) is 16.2. The van der Waals surface area contributed by atoms with Gasteiger partial charge in [0, 0.05) is 22.8 Å². The molecule has 6 nitrogen and oxygen atoms in total. The van der Waals surface area contributed by atoms with E-state index in [1.165, 1.54) is 16.2 Å². The van der Waals surface area contributed by atoms with Gasteiger partial charge in [0.25, 0.3) is 11.8 Å². The highest BCUT2D eigenvalue weighted by Crippen LogP contribution is 2.24. The lowest BCUT2D eigenvalue weighted by atomic mass is 10.1. The van der Waals surface area contributed by atoms with Crippen molar-refractivity contribution >= 4 is 40.5 Å². The van der Waals surface area contributed by atoms with Crippen LogP contribution in [0.5, 0.6) is 0 Å². The number of nitrogens with one attached hydrogen (secondary N) is 1. The molecule has 0 spiro atoms. The molecule has 0 fully saturated rings. The number of hydrogen-bond acceptors (Lipinski definition) is 6. The largest absolute Gasteiger partial charge is 0.451 e. The van der Waals surface area contributed by atoms with Gasteiger partial charge in [0.2, 0.25) is 0 Å². The maximum atomic E-state index is 12.5. The van der Waals surface area contributed by atoms with Crippen LogP contribution in [0, 0.1) is 6.92 Å². The summed E-state index contributed by atoms with van der Waals surface area (Å²) in [5.41, 5.74) is 1.16. The summed E-state index contributed by atoms with van der Waals surface area (Å²) >= 11 is 3.06. The molecule has 2 amide bonds. The van der Waals surface area contributed by atoms with Gasteiger partial charge >= 0.3 is 5.97 Å². The Balaban J connectivity index is 1.46. The Kier molecular flexibility index (Phi) is 5.73. The highest BCUT2D eigenvalue weighted by Gasteiger charge is 2.27. The summed E-state index contributed by atoms with van der Waals surface area (Å²) in [5.74, 6) is -1.16. The van der Waals surface area contributed by atoms with Crippen LogP contribution in [0.15, 0.2) is 23.6 Å². The first kappa shape index (κ1) is 18.6. The van der Waals surface area contributed by atoms with Crippen molar-refractivity contribution < 1.29 is 19.1 Å². The number of nitrogens with zero attached hydrogens (tertiary/aromatic N) is 1. The van der Waals surface area contributed by atoms with E-state index in [-0.39, 0.29) is 18.4 Å². The Bertz CT molecular complexity index is 827. The molecule has 0 aliphatic carbocycles. The number of ether oxygens (including phenoxy) is 1. The van der Waals surface area contributed by atoms with Gasteiger partial charge in [-0.3, -0.25) is 14.4 Å². The fourth-order valence-corrected chi connectivity index (χ4v) is 4.45. The first-order valence-corrected chi connectivity index (χ1v) is 10.0. The molecule has 138 valence electrons. The summed E-state index contributed by atoms with van der Waals surface area (Å²) in [6.45, 7) is 4.38. The van der Waals surface area contributed by atoms with Gasteiger partial charge in [0.15, 0.2) is 6.10 Å². The quantitative estimate of drug-likeness (QED) is 0.793. The lowest BCUT2D eigenvalue weighted by Crippen LogP contribution is -2.43. The van der Waals surface area contributed by atoms with E-state index in [2.05, 4.69) is 5.32 Å². The van der Waals surface area contributed by atoms with Crippen LogP contribution >= 0.6 is 22.7 Å². The molecule has 0 bridgehead atoms. The van der Waals surface area contributed by atoms with Crippen LogP contribution in [0.2, 0.25) is 0 Å². The molecule has 1 aliphatic heterocycles. The summed E-state index contributed by atoms with van der Waals surface area (Å²) in [6.07, 6.45) is -0.0426. The van der Waals surface area contributed by atoms with E-state index < -0.39 is 12.1 Å². The van der Waals surface area contributed by atoms with Crippen molar-refractivity contribution in [2.75, 3.05) is 13.1 Å². The van der Waals surface area contributed by atoms with Crippen molar-refractivity contribution in [3.05, 3.63) is 43.8 Å². The molecule has 26 heavy (non-hydrogen) atoms. The normalized spacial score (nSPS) is 14.5. The molecular formula is C18H20N2O4S2. The van der Waals surface area contributed by atoms with E-state index in [1.807, 2.05) is 24.4 Å². The number of esters is 1. The SMILES string of the molecule is Cc1ccc(C(=O)NCC(=O)OC(C)C(=O)N2CCc3sccc3C2)s1. The van der Waals surface area contributed by atoms with Crippen molar-refractivity contribution in [3.63, 3.8) is 0 Å². The minimum absolute atomic E-state index is 0.213. The van der Waals surface area contributed by atoms with Gasteiger partial charge in [0.05, 0.1) is 4.88 Å². The van der Waals surface area contributed by atoms with Gasteiger partial charge in [-0.1, -0.05) is 0 Å². The van der Waals surface area contributed by atoms with Crippen LogP contribution in [0.3, 0.4) is 0 Å². The van der Waals surface area contributed by atoms with E-state index in [0.717, 1.165) is 16.9 Å². The van der Waals surface area contributed by atoms with Crippen LogP contribution < -0.4 is 5.32 Å². The summed E-state index contributed by atoms with van der Waals surface area (Å²) in [4.78, 5) is 40.9. The molecule has 2 aromatic heterocycles. The van der Waals surface area contributed by atoms with Gasteiger partial charge in [-0.2, -0.15) is 0 Å². The summed E-state index contributed by atoms with van der Waals surface area (Å²) in [6, 6.07) is 5.58. The predicted octanol–water partition coefficient (Wildman–Crippen LogP) is 2.36. The molecule has 0 aromatic carbocycles. The Morgan fingerprint density at radius 1 is 1.31 bits per heavy atom. The molecule has 1 atom stereocenters. The Labute approximate surface area is 159 Å². The highest BCUT2D eigenvalue weighted by molar-refractivity contribution is 7.14. The molecule has 0 saturated carbocycles. The van der Waals surface area contributed by atoms with Gasteiger partial charge in [-0.15, -0.1) is 22.7 Å². The Morgan fingerprint density at radius 2 is 2.12 bits per heavy atom. The lowest BCUT2D eigenvalue weighted by Gasteiger charge is -2.29. The molecule has 8 heteroatoms. The molecule has 0 radical (unpaired) electrons. The molecular weight excluding hydrogens is 372 g/mol. The van der Waals surface area contributed by atoms with E-state index in [1.54, 1.807) is 29.2 Å². The number of hydrogen-bond donors (Lipinski definition) is 1. The Hall–Kier alpha value is -2.19. The second-order valence-electron chi connectivity index (χ2n) is 6.10. The summed E-state index contributed by atoms with van der Waals surface area (Å²) in [7, 11) is 0. The second-order valence-corrected chi connectivity index (χ2v) is 8.39. The van der Waals surface area contributed by atoms with Crippen molar-refractivity contribution in [2.45, 2.75) is 32.9 Å². The first-order chi connectivity index (χ1) is 12.4. The van der Waals surface area contributed by atoms with Gasteiger partial charge in [-0.25, -0.2) is 0 Å². The molecule has 0 saturated heterocycles. The third kappa shape index (κ3) is 4.31. The molecule has 1 aliphatic rings. The minimum atomic E-state index is -0.872. The van der Waals surface area contributed by atoms with Crippen LogP contribution in [-0.4, -0.2) is 41.9 Å². The smallest absolute Gasteiger partial charge is 0.326 e. The minimum Gasteiger partial charge on any atom is -0.451 e. The van der Waals surface area contributed by atoms with E-state index in [0.29, 0.717) is 18.0 Å². The molecule has 1 N–H and O–H groups in total. The average molecular weight is 393 g/mol. The van der Waals surface area contributed by atoms with Crippen molar-refractivity contribution in [1.82, 2.24) is 10.2 Å². The third-order valence-corrected chi connectivity index (χ3v) is 6.16. The summed E-state index contributed by atoms with van der Waals surface area (Å²) in [5, 5.41) is 4.55. The average Bonchev–Trinajstić information content (AvgIpc) is 3.26. The van der Waals surface area contributed by atoms with Gasteiger partial charge in [-0.05, 0) is 49.4 Å². The van der Waals surface area contributed by atoms with Crippen LogP contribution in [-0.2, 0) is 27.3 Å². The predicted molar refractivity (Wildman–Crippen MR) is 100 cm³/mol. The number of rotatable bonds is 5. The van der Waals surface area contributed by atoms with E-state index in [9.17, 15) is 14.4 Å². The van der Waals surface area contributed by atoms with Crippen LogP contribution in [0.4, 0.5) is 0 Å². The monoisotopic (exact) mass is 392 g/mol. The Morgan fingerprint density at radius 3 is 2.85 bits per heavy atom. The number of carbonyl (C=O) groups is 3. The number of fused-ring (bicyclic) bond motifs is 1. The standard InChI is InChI=1S/C18H20N2O4S2/c1-11-3-4-15(26-11)17(22)19-9-16(21)24-12(2)18(23)20-7-5-14-13(10-20)6-8-25-14/h3-4,6,8,12H,5,7,9-10H2,1-2H3,(H,19,22). The fraction of sp³-hybridized carbons (Fsp3) is 0.389. The van der Waals surface area contributed by atoms with Crippen molar-refractivity contribution in [3.8, 4) is 0 Å². The number of amides is 2. The summed E-state index contributed by atoms with van der Waals surface area (Å²) < 4.78 is 5.19. The molecule has 3 heterocycles. The fourth-order valence-electron chi connectivity index (χ4n) is 2.78. The second kappa shape index (κ2) is 8.01. The number of carbonyl (C=O) groups excluding carboxylic acids is 3. The molecule has 2 aromatic rings. The third-order valence-electron chi connectivity index (χ3n) is 4.13. The zero-order chi connectivity index (χ0) is 18.7. The van der Waals surface area contributed by atoms with Gasteiger partial charge in [0.1, 0.15) is 6.54 Å². The van der Waals surface area contributed by atoms with Crippen LogP contribution in [0.1, 0.15) is 31.9 Å². The van der Waals surface area contributed by atoms with E-state index >= 15 is 0 Å². The van der Waals surface area contributed by atoms with E-state index in [4.69, 9.17) is 4.74 Å². The maximum absolute atomic E-state index is 12.5. The molecule has 3 rings (SSSR count). The van der Waals surface area contributed by atoms with Gasteiger partial charge < -0.3 is 15.0 Å². The first-order valence-electron chi connectivity index (χ1n) is 8.32. The number of aryl methyl sites for hydroxylation is 1. The lowest BCUT2D eigenvalue weighted by molar-refractivity contribution is -0.158. The topological polar surface area (TPSA) is 75.7 Å². The van der Waals surface area contributed by atoms with Crippen molar-refractivity contribution in [2.24, 2.45) is 0 Å². The molecule has 1 unspecified atom stereocenters. The van der Waals surface area contributed by atoms with Crippen molar-refractivity contribution in [1.29, 1.82) is 0 Å².